The van der Waals surface area contributed by atoms with Gasteiger partial charge in [0.1, 0.15) is 0 Å². The van der Waals surface area contributed by atoms with Crippen molar-refractivity contribution in [1.82, 2.24) is 0 Å². The number of carbonyl (C=O) groups is 4. The molecule has 8 heteroatoms. The van der Waals surface area contributed by atoms with Gasteiger partial charge in [0, 0.05) is 0 Å². The molecule has 4 bridgehead atoms. The number of esters is 4. The molecule has 0 aromatic rings. The Labute approximate surface area is 169 Å². The summed E-state index contributed by atoms with van der Waals surface area (Å²) in [6, 6.07) is 0. The summed E-state index contributed by atoms with van der Waals surface area (Å²) in [5, 5.41) is 0. The number of methoxy groups -OCH3 is 4. The molecular formula is C21H28O8. The van der Waals surface area contributed by atoms with E-state index in [9.17, 15) is 19.2 Å². The van der Waals surface area contributed by atoms with Crippen molar-refractivity contribution < 1.29 is 38.1 Å². The van der Waals surface area contributed by atoms with Gasteiger partial charge in [0.2, 0.25) is 0 Å². The molecule has 0 heterocycles. The number of carbonyl (C=O) groups excluding carboxylic acids is 4. The lowest BCUT2D eigenvalue weighted by molar-refractivity contribution is -0.192. The normalized spacial score (nSPS) is 44.0. The Morgan fingerprint density at radius 2 is 0.793 bits per heavy atom. The molecular weight excluding hydrogens is 380 g/mol. The van der Waals surface area contributed by atoms with Gasteiger partial charge in [-0.05, 0) is 54.8 Å². The van der Waals surface area contributed by atoms with Crippen LogP contribution < -0.4 is 0 Å². The number of fused-ring (bicyclic) bond motifs is 4. The Morgan fingerprint density at radius 1 is 0.517 bits per heavy atom. The van der Waals surface area contributed by atoms with Crippen molar-refractivity contribution in [2.75, 3.05) is 28.4 Å². The first-order chi connectivity index (χ1) is 13.9. The summed E-state index contributed by atoms with van der Waals surface area (Å²) >= 11 is 0. The highest BCUT2D eigenvalue weighted by Crippen LogP contribution is 2.70. The zero-order chi connectivity index (χ0) is 21.0. The molecule has 5 fully saturated rings. The monoisotopic (exact) mass is 408 g/mol. The third-order valence-electron chi connectivity index (χ3n) is 8.31. The number of hydrogen-bond donors (Lipinski definition) is 0. The Kier molecular flexibility index (Phi) is 5.07. The minimum Gasteiger partial charge on any atom is -0.469 e. The molecule has 10 atom stereocenters. The van der Waals surface area contributed by atoms with Crippen LogP contribution in [0.1, 0.15) is 19.3 Å². The lowest BCUT2D eigenvalue weighted by Gasteiger charge is -2.57. The van der Waals surface area contributed by atoms with Crippen LogP contribution in [0.5, 0.6) is 0 Å². The molecule has 0 amide bonds. The van der Waals surface area contributed by atoms with Gasteiger partial charge in [0.05, 0.1) is 52.1 Å². The lowest BCUT2D eigenvalue weighted by Crippen LogP contribution is -2.60. The van der Waals surface area contributed by atoms with Crippen molar-refractivity contribution >= 4 is 23.9 Å². The molecule has 0 saturated heterocycles. The molecule has 5 rings (SSSR count). The summed E-state index contributed by atoms with van der Waals surface area (Å²) in [5.74, 6) is -3.90. The summed E-state index contributed by atoms with van der Waals surface area (Å²) in [5.41, 5.74) is 0. The highest BCUT2D eigenvalue weighted by molar-refractivity contribution is 5.85. The van der Waals surface area contributed by atoms with E-state index in [1.54, 1.807) is 0 Å². The first kappa shape index (κ1) is 20.2. The smallest absolute Gasteiger partial charge is 0.309 e. The lowest BCUT2D eigenvalue weighted by atomic mass is 9.45. The van der Waals surface area contributed by atoms with Gasteiger partial charge < -0.3 is 18.9 Å². The molecule has 0 radical (unpaired) electrons. The molecule has 0 aliphatic heterocycles. The predicted octanol–water partition coefficient (Wildman–Crippen LogP) is 1.07. The number of rotatable bonds is 4. The van der Waals surface area contributed by atoms with Crippen LogP contribution in [0.4, 0.5) is 0 Å². The van der Waals surface area contributed by atoms with E-state index in [-0.39, 0.29) is 35.5 Å². The fraction of sp³-hybridized carbons (Fsp3) is 0.810. The SMILES string of the molecule is COC(=O)[C@@H]1[C@H](C(=O)OC)[C@@H]2CC[C@H]1C1C2[C@@H]2C[C@H]1[C@@H](C(=O)OC)[C@H]2C(=O)OC. The topological polar surface area (TPSA) is 105 Å². The van der Waals surface area contributed by atoms with E-state index in [2.05, 4.69) is 0 Å². The summed E-state index contributed by atoms with van der Waals surface area (Å²) in [7, 11) is 5.33. The maximum atomic E-state index is 12.7. The molecule has 29 heavy (non-hydrogen) atoms. The first-order valence-corrected chi connectivity index (χ1v) is 10.2. The van der Waals surface area contributed by atoms with Gasteiger partial charge in [0.25, 0.3) is 0 Å². The van der Waals surface area contributed by atoms with Gasteiger partial charge in [-0.3, -0.25) is 19.2 Å². The Morgan fingerprint density at radius 3 is 1.07 bits per heavy atom. The zero-order valence-electron chi connectivity index (χ0n) is 17.2. The van der Waals surface area contributed by atoms with Gasteiger partial charge in [0.15, 0.2) is 0 Å². The highest BCUT2D eigenvalue weighted by atomic mass is 16.5. The second-order valence-electron chi connectivity index (χ2n) is 8.82. The maximum absolute atomic E-state index is 12.7. The molecule has 5 aliphatic carbocycles. The average molecular weight is 408 g/mol. The van der Waals surface area contributed by atoms with E-state index >= 15 is 0 Å². The third-order valence-corrected chi connectivity index (χ3v) is 8.31. The third kappa shape index (κ3) is 2.63. The standard InChI is InChI=1S/C21H28O8/c1-26-18(22)14-8-5-6-9(15(14)19(23)27-2)13-11-7-10(12(8)13)16(20(24)28-3)17(11)21(25)29-4/h8-17H,5-7H2,1-4H3/t8-,9+,10+,11-,12?,13?,14-,15+,16+,17-. The van der Waals surface area contributed by atoms with E-state index in [4.69, 9.17) is 18.9 Å². The second kappa shape index (κ2) is 7.29. The molecule has 160 valence electrons. The van der Waals surface area contributed by atoms with Gasteiger partial charge >= 0.3 is 23.9 Å². The van der Waals surface area contributed by atoms with Gasteiger partial charge in [-0.2, -0.15) is 0 Å². The zero-order valence-corrected chi connectivity index (χ0v) is 17.2. The number of ether oxygens (including phenoxy) is 4. The van der Waals surface area contributed by atoms with Crippen molar-refractivity contribution in [2.24, 2.45) is 59.2 Å². The van der Waals surface area contributed by atoms with E-state index in [0.717, 1.165) is 12.8 Å². The molecule has 0 aromatic heterocycles. The minimum atomic E-state index is -0.568. The van der Waals surface area contributed by atoms with E-state index in [1.807, 2.05) is 0 Å². The van der Waals surface area contributed by atoms with Crippen LogP contribution in [0.15, 0.2) is 0 Å². The molecule has 0 spiro atoms. The largest absolute Gasteiger partial charge is 0.469 e. The van der Waals surface area contributed by atoms with Crippen LogP contribution in [-0.4, -0.2) is 52.3 Å². The van der Waals surface area contributed by atoms with Gasteiger partial charge in [-0.25, -0.2) is 0 Å². The van der Waals surface area contributed by atoms with Crippen molar-refractivity contribution in [3.05, 3.63) is 0 Å². The van der Waals surface area contributed by atoms with E-state index in [0.29, 0.717) is 6.42 Å². The Bertz CT molecular complexity index is 672. The van der Waals surface area contributed by atoms with E-state index in [1.165, 1.54) is 28.4 Å². The summed E-state index contributed by atoms with van der Waals surface area (Å²) in [4.78, 5) is 50.6. The molecule has 8 nitrogen and oxygen atoms in total. The molecule has 0 N–H and O–H groups in total. The fourth-order valence-electron chi connectivity index (χ4n) is 7.68. The average Bonchev–Trinajstić information content (AvgIpc) is 3.34. The predicted molar refractivity (Wildman–Crippen MR) is 96.8 cm³/mol. The molecule has 2 unspecified atom stereocenters. The van der Waals surface area contributed by atoms with Crippen molar-refractivity contribution in [1.29, 1.82) is 0 Å². The molecule has 0 aromatic carbocycles. The molecule has 5 saturated carbocycles. The minimum absolute atomic E-state index is 0.0555. The quantitative estimate of drug-likeness (QED) is 0.502. The van der Waals surface area contributed by atoms with Crippen molar-refractivity contribution in [2.45, 2.75) is 19.3 Å². The number of hydrogen-bond acceptors (Lipinski definition) is 8. The van der Waals surface area contributed by atoms with Crippen molar-refractivity contribution in [3.63, 3.8) is 0 Å². The summed E-state index contributed by atoms with van der Waals surface area (Å²) in [6.45, 7) is 0. The Balaban J connectivity index is 1.76. The van der Waals surface area contributed by atoms with Crippen LogP contribution in [0, 0.1) is 59.2 Å². The van der Waals surface area contributed by atoms with Gasteiger partial charge in [-0.1, -0.05) is 0 Å². The molecule has 5 aliphatic rings. The highest BCUT2D eigenvalue weighted by Gasteiger charge is 2.72. The van der Waals surface area contributed by atoms with Crippen molar-refractivity contribution in [3.8, 4) is 0 Å². The van der Waals surface area contributed by atoms with Crippen LogP contribution in [0.25, 0.3) is 0 Å². The van der Waals surface area contributed by atoms with Crippen LogP contribution in [-0.2, 0) is 38.1 Å². The van der Waals surface area contributed by atoms with Crippen LogP contribution in [0.3, 0.4) is 0 Å². The second-order valence-corrected chi connectivity index (χ2v) is 8.82. The van der Waals surface area contributed by atoms with Crippen LogP contribution >= 0.6 is 0 Å². The maximum Gasteiger partial charge on any atom is 0.309 e. The first-order valence-electron chi connectivity index (χ1n) is 10.2. The fourth-order valence-corrected chi connectivity index (χ4v) is 7.68. The van der Waals surface area contributed by atoms with Gasteiger partial charge in [-0.15, -0.1) is 0 Å². The summed E-state index contributed by atoms with van der Waals surface area (Å²) in [6.07, 6.45) is 2.32. The Hall–Kier alpha value is -2.12. The van der Waals surface area contributed by atoms with Crippen LogP contribution in [0.2, 0.25) is 0 Å². The van der Waals surface area contributed by atoms with E-state index < -0.39 is 47.5 Å². The summed E-state index contributed by atoms with van der Waals surface area (Å²) < 4.78 is 20.2.